The van der Waals surface area contributed by atoms with Crippen molar-refractivity contribution < 1.29 is 33.8 Å². The third-order valence-corrected chi connectivity index (χ3v) is 9.97. The number of β-amino-alcohol motifs (C(OH)–C–C–N with tert-alkyl or cyclic N) is 1. The highest BCUT2D eigenvalue weighted by Crippen LogP contribution is 2.56. The van der Waals surface area contributed by atoms with Crippen molar-refractivity contribution in [2.75, 3.05) is 26.7 Å². The fourth-order valence-corrected chi connectivity index (χ4v) is 8.14. The number of aliphatic hydroxyl groups is 1. The van der Waals surface area contributed by atoms with E-state index in [9.17, 15) is 24.3 Å². The van der Waals surface area contributed by atoms with E-state index in [1.807, 2.05) is 63.3 Å². The first-order valence-electron chi connectivity index (χ1n) is 16.4. The Balaban J connectivity index is 1.62. The maximum Gasteiger partial charge on any atom is 0.313 e. The maximum atomic E-state index is 14.9. The van der Waals surface area contributed by atoms with E-state index in [2.05, 4.69) is 20.8 Å². The number of ether oxygens (including phenoxy) is 2. The number of likely N-dealkylation sites (N-methyl/N-ethyl adjacent to an activating group) is 1. The zero-order valence-corrected chi connectivity index (χ0v) is 28.1. The molecule has 3 amide bonds. The summed E-state index contributed by atoms with van der Waals surface area (Å²) in [6, 6.07) is 7.68. The van der Waals surface area contributed by atoms with Gasteiger partial charge in [-0.2, -0.15) is 0 Å². The molecule has 1 N–H and O–H groups in total. The van der Waals surface area contributed by atoms with Gasteiger partial charge in [-0.3, -0.25) is 19.2 Å². The SMILES string of the molecule is C[C@@H]1[C@@H](c2ccccc2)OC(=O)[C@@H]2[C@@H]3C=C[C@]4(O3)[C@H](C(=O)N(C(C)(C)CC(C)(C)C)C/C=C\CCC(=O)N1C)N(CCO)C(=O)[C@@H]24. The minimum absolute atomic E-state index is 0.0723. The lowest BCUT2D eigenvalue weighted by molar-refractivity contribution is -0.164. The number of fused-ring (bicyclic) bond motifs is 2. The first-order valence-corrected chi connectivity index (χ1v) is 16.4. The van der Waals surface area contributed by atoms with Gasteiger partial charge in [-0.1, -0.05) is 75.4 Å². The van der Waals surface area contributed by atoms with Crippen molar-refractivity contribution >= 4 is 23.7 Å². The van der Waals surface area contributed by atoms with E-state index >= 15 is 0 Å². The Morgan fingerprint density at radius 2 is 1.70 bits per heavy atom. The van der Waals surface area contributed by atoms with Gasteiger partial charge < -0.3 is 29.3 Å². The fraction of sp³-hybridized carbons (Fsp3) is 0.611. The van der Waals surface area contributed by atoms with Crippen LogP contribution in [-0.2, 0) is 28.7 Å². The van der Waals surface area contributed by atoms with Crippen molar-refractivity contribution in [1.29, 1.82) is 0 Å². The number of hydrogen-bond donors (Lipinski definition) is 1. The first-order chi connectivity index (χ1) is 21.6. The number of allylic oxidation sites excluding steroid dienone is 1. The van der Waals surface area contributed by atoms with Crippen LogP contribution in [0.4, 0.5) is 0 Å². The molecule has 1 aromatic carbocycles. The molecule has 46 heavy (non-hydrogen) atoms. The van der Waals surface area contributed by atoms with E-state index < -0.39 is 59.1 Å². The molecule has 2 fully saturated rings. The van der Waals surface area contributed by atoms with Crippen LogP contribution in [0.2, 0.25) is 0 Å². The molecule has 0 aliphatic carbocycles. The van der Waals surface area contributed by atoms with Crippen LogP contribution in [0.5, 0.6) is 0 Å². The van der Waals surface area contributed by atoms with Crippen LogP contribution in [0.25, 0.3) is 0 Å². The molecule has 1 spiro atoms. The number of carbonyl (C=O) groups is 4. The summed E-state index contributed by atoms with van der Waals surface area (Å²) in [4.78, 5) is 61.5. The van der Waals surface area contributed by atoms with Crippen LogP contribution in [0.15, 0.2) is 54.6 Å². The molecule has 10 heteroatoms. The average molecular weight is 636 g/mol. The molecule has 0 aromatic heterocycles. The third-order valence-electron chi connectivity index (χ3n) is 9.97. The summed E-state index contributed by atoms with van der Waals surface area (Å²) in [5, 5.41) is 10.0. The van der Waals surface area contributed by atoms with Crippen molar-refractivity contribution in [3.8, 4) is 0 Å². The molecule has 5 rings (SSSR count). The van der Waals surface area contributed by atoms with Gasteiger partial charge in [-0.15, -0.1) is 0 Å². The molecule has 4 aliphatic heterocycles. The molecule has 250 valence electrons. The summed E-state index contributed by atoms with van der Waals surface area (Å²) >= 11 is 0. The van der Waals surface area contributed by atoms with Gasteiger partial charge in [0.25, 0.3) is 0 Å². The second kappa shape index (κ2) is 12.6. The van der Waals surface area contributed by atoms with Crippen LogP contribution in [0.1, 0.15) is 72.5 Å². The largest absolute Gasteiger partial charge is 0.455 e. The number of benzene rings is 1. The number of esters is 1. The molecule has 4 aliphatic rings. The van der Waals surface area contributed by atoms with Crippen molar-refractivity contribution in [3.63, 3.8) is 0 Å². The normalized spacial score (nSPS) is 33.1. The lowest BCUT2D eigenvalue weighted by Crippen LogP contribution is -2.61. The Kier molecular flexibility index (Phi) is 9.27. The van der Waals surface area contributed by atoms with Crippen molar-refractivity contribution in [3.05, 3.63) is 60.2 Å². The summed E-state index contributed by atoms with van der Waals surface area (Å²) < 4.78 is 12.8. The molecule has 10 nitrogen and oxygen atoms in total. The highest BCUT2D eigenvalue weighted by atomic mass is 16.6. The highest BCUT2D eigenvalue weighted by Gasteiger charge is 2.73. The molecular weight excluding hydrogens is 586 g/mol. The highest BCUT2D eigenvalue weighted by molar-refractivity contribution is 5.99. The maximum absolute atomic E-state index is 14.9. The van der Waals surface area contributed by atoms with Crippen LogP contribution in [-0.4, -0.2) is 99.6 Å². The van der Waals surface area contributed by atoms with Crippen LogP contribution >= 0.6 is 0 Å². The molecule has 5 bridgehead atoms. The van der Waals surface area contributed by atoms with Crippen LogP contribution in [0, 0.1) is 17.3 Å². The van der Waals surface area contributed by atoms with Crippen LogP contribution in [0.3, 0.4) is 0 Å². The zero-order chi connectivity index (χ0) is 33.6. The number of nitrogens with zero attached hydrogens (tertiary/aromatic N) is 3. The molecular formula is C36H49N3O7. The molecule has 1 aromatic rings. The summed E-state index contributed by atoms with van der Waals surface area (Å²) in [6.45, 7) is 12.1. The van der Waals surface area contributed by atoms with E-state index in [-0.39, 0.29) is 43.3 Å². The number of carbonyl (C=O) groups excluding carboxylic acids is 4. The zero-order valence-electron chi connectivity index (χ0n) is 28.1. The molecule has 0 radical (unpaired) electrons. The van der Waals surface area contributed by atoms with Crippen molar-refractivity contribution in [2.45, 2.75) is 96.2 Å². The minimum Gasteiger partial charge on any atom is -0.455 e. The molecule has 7 atom stereocenters. The molecule has 0 unspecified atom stereocenters. The smallest absolute Gasteiger partial charge is 0.313 e. The Hall–Kier alpha value is -3.50. The van der Waals surface area contributed by atoms with Crippen LogP contribution < -0.4 is 0 Å². The number of hydrogen-bond acceptors (Lipinski definition) is 7. The van der Waals surface area contributed by atoms with Gasteiger partial charge in [0.1, 0.15) is 23.7 Å². The number of likely N-dealkylation sites (tertiary alicyclic amines) is 1. The van der Waals surface area contributed by atoms with Gasteiger partial charge in [0.2, 0.25) is 17.7 Å². The predicted octanol–water partition coefficient (Wildman–Crippen LogP) is 3.65. The number of amides is 3. The number of aliphatic hydroxyl groups excluding tert-OH is 1. The van der Waals surface area contributed by atoms with E-state index in [1.165, 1.54) is 4.90 Å². The quantitative estimate of drug-likeness (QED) is 0.388. The first kappa shape index (κ1) is 33.9. The molecule has 2 saturated heterocycles. The second-order valence-electron chi connectivity index (χ2n) is 15.0. The van der Waals surface area contributed by atoms with Gasteiger partial charge in [-0.25, -0.2) is 0 Å². The second-order valence-corrected chi connectivity index (χ2v) is 15.0. The van der Waals surface area contributed by atoms with Gasteiger partial charge >= 0.3 is 5.97 Å². The fourth-order valence-electron chi connectivity index (χ4n) is 8.14. The summed E-state index contributed by atoms with van der Waals surface area (Å²) in [5.41, 5.74) is -1.40. The predicted molar refractivity (Wildman–Crippen MR) is 172 cm³/mol. The summed E-state index contributed by atoms with van der Waals surface area (Å²) in [6.07, 6.45) is 7.18. The van der Waals surface area contributed by atoms with E-state index in [0.717, 1.165) is 5.56 Å². The lowest BCUT2D eigenvalue weighted by atomic mass is 9.74. The summed E-state index contributed by atoms with van der Waals surface area (Å²) in [7, 11) is 1.71. The van der Waals surface area contributed by atoms with Gasteiger partial charge in [0.05, 0.1) is 24.7 Å². The van der Waals surface area contributed by atoms with E-state index in [0.29, 0.717) is 12.8 Å². The van der Waals surface area contributed by atoms with E-state index in [1.54, 1.807) is 29.0 Å². The Morgan fingerprint density at radius 1 is 1.00 bits per heavy atom. The monoisotopic (exact) mass is 635 g/mol. The topological polar surface area (TPSA) is 117 Å². The Morgan fingerprint density at radius 3 is 2.35 bits per heavy atom. The van der Waals surface area contributed by atoms with Gasteiger partial charge in [0, 0.05) is 32.1 Å². The van der Waals surface area contributed by atoms with Crippen molar-refractivity contribution in [2.24, 2.45) is 17.3 Å². The Bertz CT molecular complexity index is 1400. The van der Waals surface area contributed by atoms with Gasteiger partial charge in [-0.05, 0) is 44.6 Å². The standard InChI is InChI=1S/C36H49N3O7/c1-23-29(24-14-10-8-11-15-24)45-33(44)27-25-17-18-36(46-25)28(27)31(42)38(20-21-40)30(36)32(43)39(35(5,6)22-34(2,3)4)19-13-9-12-16-26(41)37(23)7/h8-11,13-15,17-18,23,25,27-30,40H,12,16,19-22H2,1-7H3/b13-9-/t23-,25+,27-,28-,29+,30+,36-/m1/s1. The van der Waals surface area contributed by atoms with Crippen molar-refractivity contribution in [1.82, 2.24) is 14.7 Å². The molecule has 0 saturated carbocycles. The van der Waals surface area contributed by atoms with E-state index in [4.69, 9.17) is 9.47 Å². The minimum atomic E-state index is -1.38. The number of rotatable bonds is 5. The Labute approximate surface area is 272 Å². The number of cyclic esters (lactones) is 1. The average Bonchev–Trinajstić information content (AvgIpc) is 3.63. The summed E-state index contributed by atoms with van der Waals surface area (Å²) in [5.74, 6) is -3.44. The molecule has 4 heterocycles. The lowest BCUT2D eigenvalue weighted by Gasteiger charge is -2.45. The third kappa shape index (κ3) is 6.01. The van der Waals surface area contributed by atoms with Gasteiger partial charge in [0.15, 0.2) is 0 Å².